The lowest BCUT2D eigenvalue weighted by Crippen LogP contribution is -2.57. The van der Waals surface area contributed by atoms with Gasteiger partial charge in [-0.1, -0.05) is 12.1 Å². The average molecular weight is 347 g/mol. The molecule has 3 aliphatic rings. The van der Waals surface area contributed by atoms with Crippen LogP contribution in [-0.4, -0.2) is 54.9 Å². The molecular formula is C19H25NO5. The number of nitrogens with zero attached hydrogens (tertiary/aromatic N) is 1. The van der Waals surface area contributed by atoms with E-state index >= 15 is 0 Å². The molecule has 0 aliphatic carbocycles. The number of aliphatic carboxylic acids is 1. The largest absolute Gasteiger partial charge is 0.493 e. The van der Waals surface area contributed by atoms with Crippen molar-refractivity contribution in [2.45, 2.75) is 37.4 Å². The molecule has 4 rings (SSSR count). The van der Waals surface area contributed by atoms with Gasteiger partial charge >= 0.3 is 5.97 Å². The van der Waals surface area contributed by atoms with Crippen LogP contribution in [0.1, 0.15) is 37.4 Å². The third kappa shape index (κ3) is 2.87. The molecule has 2 atom stereocenters. The minimum absolute atomic E-state index is 0.0404. The molecule has 1 aromatic carbocycles. The van der Waals surface area contributed by atoms with E-state index in [0.717, 1.165) is 62.4 Å². The van der Waals surface area contributed by atoms with Gasteiger partial charge < -0.3 is 19.3 Å². The quantitative estimate of drug-likeness (QED) is 0.906. The molecule has 25 heavy (non-hydrogen) atoms. The van der Waals surface area contributed by atoms with E-state index in [4.69, 9.17) is 19.3 Å². The molecule has 3 aliphatic heterocycles. The Labute approximate surface area is 147 Å². The molecule has 6 heteroatoms. The Morgan fingerprint density at radius 2 is 2.20 bits per heavy atom. The third-order valence-electron chi connectivity index (χ3n) is 5.90. The second kappa shape index (κ2) is 6.50. The number of fused-ring (bicyclic) bond motifs is 4. The fourth-order valence-electron chi connectivity index (χ4n) is 4.69. The maximum absolute atomic E-state index is 11.0. The van der Waals surface area contributed by atoms with Crippen LogP contribution >= 0.6 is 0 Å². The zero-order chi connectivity index (χ0) is 17.4. The van der Waals surface area contributed by atoms with Crippen LogP contribution in [0.4, 0.5) is 0 Å². The van der Waals surface area contributed by atoms with E-state index in [2.05, 4.69) is 6.07 Å². The first-order chi connectivity index (χ1) is 12.1. The molecule has 6 nitrogen and oxygen atoms in total. The fourth-order valence-corrected chi connectivity index (χ4v) is 4.69. The zero-order valence-corrected chi connectivity index (χ0v) is 14.6. The molecule has 0 radical (unpaired) electrons. The van der Waals surface area contributed by atoms with Crippen LogP contribution in [0.15, 0.2) is 18.2 Å². The molecule has 0 amide bonds. The number of benzene rings is 1. The number of carboxylic acid groups (broad SMARTS) is 1. The Balaban J connectivity index is 1.65. The fraction of sp³-hybridized carbons (Fsp3) is 0.632. The van der Waals surface area contributed by atoms with E-state index in [1.165, 1.54) is 0 Å². The van der Waals surface area contributed by atoms with E-state index in [0.29, 0.717) is 5.92 Å². The van der Waals surface area contributed by atoms with Gasteiger partial charge in [0.1, 0.15) is 5.60 Å². The summed E-state index contributed by atoms with van der Waals surface area (Å²) in [5.74, 6) is 1.09. The Morgan fingerprint density at radius 3 is 2.92 bits per heavy atom. The van der Waals surface area contributed by atoms with Gasteiger partial charge in [0.05, 0.1) is 19.8 Å². The van der Waals surface area contributed by atoms with Crippen LogP contribution in [0.25, 0.3) is 0 Å². The van der Waals surface area contributed by atoms with E-state index in [9.17, 15) is 4.79 Å². The topological polar surface area (TPSA) is 68.2 Å². The van der Waals surface area contributed by atoms with E-state index in [1.807, 2.05) is 17.0 Å². The number of hydrogen-bond acceptors (Lipinski definition) is 5. The van der Waals surface area contributed by atoms with E-state index in [1.54, 1.807) is 7.11 Å². The minimum atomic E-state index is -0.772. The number of methoxy groups -OCH3 is 1. The highest BCUT2D eigenvalue weighted by Crippen LogP contribution is 2.55. The Kier molecular flexibility index (Phi) is 4.33. The second-order valence-corrected chi connectivity index (χ2v) is 7.26. The number of carbonyl (C=O) groups is 1. The highest BCUT2D eigenvalue weighted by Gasteiger charge is 2.53. The summed E-state index contributed by atoms with van der Waals surface area (Å²) < 4.78 is 18.3. The number of likely N-dealkylation sites (tertiary alicyclic amines) is 1. The smallest absolute Gasteiger partial charge is 0.317 e. The van der Waals surface area contributed by atoms with Crippen LogP contribution in [0.5, 0.6) is 11.5 Å². The predicted molar refractivity (Wildman–Crippen MR) is 91.1 cm³/mol. The van der Waals surface area contributed by atoms with Gasteiger partial charge in [-0.25, -0.2) is 0 Å². The van der Waals surface area contributed by atoms with E-state index in [-0.39, 0.29) is 18.2 Å². The highest BCUT2D eigenvalue weighted by molar-refractivity contribution is 5.69. The molecule has 1 aromatic rings. The Bertz CT molecular complexity index is 653. The standard InChI is InChI=1S/C19H25NO5/c1-23-15-6-2-4-13-17-14(5-3-11-24-17)19(25-18(13)15)7-9-20(10-8-19)12-16(21)22/h2,4,6,14,17H,3,5,7-12H2,1H3,(H,21,22)/t14-,17+/m0/s1. The van der Waals surface area contributed by atoms with Crippen LogP contribution in [0.2, 0.25) is 0 Å². The average Bonchev–Trinajstić information content (AvgIpc) is 2.63. The number of ether oxygens (including phenoxy) is 3. The Morgan fingerprint density at radius 1 is 1.40 bits per heavy atom. The van der Waals surface area contributed by atoms with Crippen LogP contribution < -0.4 is 9.47 Å². The predicted octanol–water partition coefficient (Wildman–Crippen LogP) is 2.47. The van der Waals surface area contributed by atoms with Gasteiger partial charge in [0, 0.05) is 44.0 Å². The number of hydrogen-bond donors (Lipinski definition) is 1. The molecule has 0 aromatic heterocycles. The van der Waals surface area contributed by atoms with Crippen LogP contribution in [-0.2, 0) is 9.53 Å². The van der Waals surface area contributed by atoms with Crippen molar-refractivity contribution in [3.63, 3.8) is 0 Å². The minimum Gasteiger partial charge on any atom is -0.493 e. The summed E-state index contributed by atoms with van der Waals surface area (Å²) in [6.07, 6.45) is 3.81. The van der Waals surface area contributed by atoms with Crippen molar-refractivity contribution in [2.75, 3.05) is 33.4 Å². The van der Waals surface area contributed by atoms with Gasteiger partial charge in [0.25, 0.3) is 0 Å². The Hall–Kier alpha value is -1.79. The summed E-state index contributed by atoms with van der Waals surface area (Å²) in [6.45, 7) is 2.35. The lowest BCUT2D eigenvalue weighted by Gasteiger charge is -2.53. The molecule has 0 bridgehead atoms. The summed E-state index contributed by atoms with van der Waals surface area (Å²) in [7, 11) is 1.66. The first-order valence-corrected chi connectivity index (χ1v) is 9.05. The summed E-state index contributed by atoms with van der Waals surface area (Å²) in [5, 5.41) is 9.04. The maximum Gasteiger partial charge on any atom is 0.317 e. The second-order valence-electron chi connectivity index (χ2n) is 7.26. The van der Waals surface area contributed by atoms with Crippen molar-refractivity contribution >= 4 is 5.97 Å². The van der Waals surface area contributed by atoms with Gasteiger partial charge in [0.15, 0.2) is 11.5 Å². The number of rotatable bonds is 3. The van der Waals surface area contributed by atoms with Gasteiger partial charge in [-0.05, 0) is 18.9 Å². The molecule has 136 valence electrons. The molecule has 2 saturated heterocycles. The third-order valence-corrected chi connectivity index (χ3v) is 5.90. The molecular weight excluding hydrogens is 322 g/mol. The van der Waals surface area contributed by atoms with Crippen molar-refractivity contribution in [3.8, 4) is 11.5 Å². The molecule has 3 heterocycles. The number of para-hydroxylation sites is 1. The van der Waals surface area contributed by atoms with Crippen molar-refractivity contribution in [1.82, 2.24) is 4.90 Å². The van der Waals surface area contributed by atoms with Gasteiger partial charge in [-0.3, -0.25) is 9.69 Å². The van der Waals surface area contributed by atoms with Crippen molar-refractivity contribution in [3.05, 3.63) is 23.8 Å². The SMILES string of the molecule is COc1cccc2c1OC1(CCN(CC(=O)O)CC1)[C@H]1CCCO[C@H]21. The number of piperidine rings is 1. The van der Waals surface area contributed by atoms with Gasteiger partial charge in [-0.15, -0.1) is 0 Å². The molecule has 1 N–H and O–H groups in total. The monoisotopic (exact) mass is 347 g/mol. The first kappa shape index (κ1) is 16.7. The lowest BCUT2D eigenvalue weighted by atomic mass is 9.70. The zero-order valence-electron chi connectivity index (χ0n) is 14.6. The van der Waals surface area contributed by atoms with Crippen LogP contribution in [0, 0.1) is 5.92 Å². The maximum atomic E-state index is 11.0. The molecule has 1 spiro atoms. The van der Waals surface area contributed by atoms with Crippen molar-refractivity contribution < 1.29 is 24.1 Å². The number of carboxylic acids is 1. The summed E-state index contributed by atoms with van der Waals surface area (Å²) >= 11 is 0. The molecule has 0 saturated carbocycles. The van der Waals surface area contributed by atoms with Crippen LogP contribution in [0.3, 0.4) is 0 Å². The van der Waals surface area contributed by atoms with Crippen molar-refractivity contribution in [2.24, 2.45) is 5.92 Å². The molecule has 0 unspecified atom stereocenters. The normalized spacial score (nSPS) is 27.9. The van der Waals surface area contributed by atoms with Gasteiger partial charge in [0.2, 0.25) is 0 Å². The van der Waals surface area contributed by atoms with Crippen molar-refractivity contribution in [1.29, 1.82) is 0 Å². The van der Waals surface area contributed by atoms with Gasteiger partial charge in [-0.2, -0.15) is 0 Å². The molecule has 2 fully saturated rings. The first-order valence-electron chi connectivity index (χ1n) is 9.05. The summed E-state index contributed by atoms with van der Waals surface area (Å²) in [5.41, 5.74) is 0.796. The summed E-state index contributed by atoms with van der Waals surface area (Å²) in [4.78, 5) is 13.0. The lowest BCUT2D eigenvalue weighted by molar-refractivity contribution is -0.154. The van der Waals surface area contributed by atoms with E-state index < -0.39 is 5.97 Å². The summed E-state index contributed by atoms with van der Waals surface area (Å²) in [6, 6.07) is 5.99. The highest BCUT2D eigenvalue weighted by atomic mass is 16.5.